The number of nitrogens with zero attached hydrogens (tertiary/aromatic N) is 2. The van der Waals surface area contributed by atoms with Crippen molar-refractivity contribution in [3.05, 3.63) is 108 Å². The first-order valence-electron chi connectivity index (χ1n) is 16.0. The molecule has 2 aromatic heterocycles. The van der Waals surface area contributed by atoms with Crippen molar-refractivity contribution in [3.8, 4) is 22.4 Å². The summed E-state index contributed by atoms with van der Waals surface area (Å²) in [4.78, 5) is 21.3. The van der Waals surface area contributed by atoms with Crippen molar-refractivity contribution in [1.82, 2.24) is 9.97 Å². The summed E-state index contributed by atoms with van der Waals surface area (Å²) < 4.78 is 0. The first-order chi connectivity index (χ1) is 21.2. The van der Waals surface area contributed by atoms with Crippen LogP contribution in [0.4, 0.5) is 0 Å². The van der Waals surface area contributed by atoms with Gasteiger partial charge in [-0.3, -0.25) is 9.78 Å². The van der Waals surface area contributed by atoms with Gasteiger partial charge in [-0.1, -0.05) is 101 Å². The summed E-state index contributed by atoms with van der Waals surface area (Å²) in [7, 11) is 0. The second-order valence-corrected chi connectivity index (χ2v) is 12.3. The van der Waals surface area contributed by atoms with Gasteiger partial charge in [0, 0.05) is 50.4 Å². The maximum absolute atomic E-state index is 11.7. The predicted molar refractivity (Wildman–Crippen MR) is 183 cm³/mol. The minimum atomic E-state index is -0.210. The van der Waals surface area contributed by atoms with Crippen LogP contribution < -0.4 is 0 Å². The average Bonchev–Trinajstić information content (AvgIpc) is 3.04. The largest absolute Gasteiger partial charge is 0.512 e. The smallest absolute Gasteiger partial charge is 0.162 e. The van der Waals surface area contributed by atoms with Gasteiger partial charge in [0.25, 0.3) is 0 Å². The maximum Gasteiger partial charge on any atom is 0.162 e. The van der Waals surface area contributed by atoms with Crippen LogP contribution in [0.25, 0.3) is 44.1 Å². The molecule has 6 rings (SSSR count). The van der Waals surface area contributed by atoms with E-state index < -0.39 is 0 Å². The third-order valence-electron chi connectivity index (χ3n) is 9.29. The summed E-state index contributed by atoms with van der Waals surface area (Å²) in [5.41, 5.74) is 7.90. The van der Waals surface area contributed by atoms with Crippen LogP contribution in [-0.4, -0.2) is 20.9 Å². The van der Waals surface area contributed by atoms with Crippen LogP contribution in [0.5, 0.6) is 0 Å². The number of fused-ring (bicyclic) bond motifs is 4. The summed E-state index contributed by atoms with van der Waals surface area (Å²) in [5.74, 6) is 0.547. The van der Waals surface area contributed by atoms with E-state index in [9.17, 15) is 9.90 Å². The second-order valence-electron chi connectivity index (χ2n) is 12.3. The molecule has 3 aromatic carbocycles. The van der Waals surface area contributed by atoms with Crippen LogP contribution in [0, 0.1) is 17.9 Å². The zero-order valence-corrected chi connectivity index (χ0v) is 29.5. The van der Waals surface area contributed by atoms with Gasteiger partial charge < -0.3 is 10.1 Å². The second kappa shape index (κ2) is 14.6. The SMILES string of the molecule is CC1(C)c2c([c-]cc3cccnc23)-c2nccc3cc(-c4ccccc4)cc1c23.CCC(CC)C(=O)/C=C(\O)C(CC)CC.[Ir]. The molecule has 0 saturated heterocycles. The molecule has 1 N–H and O–H groups in total. The van der Waals surface area contributed by atoms with Crippen LogP contribution >= 0.6 is 0 Å². The first-order valence-corrected chi connectivity index (χ1v) is 16.0. The number of hydrogen-bond acceptors (Lipinski definition) is 4. The number of aromatic nitrogens is 2. The van der Waals surface area contributed by atoms with Gasteiger partial charge in [0.1, 0.15) is 0 Å². The van der Waals surface area contributed by atoms with Crippen LogP contribution in [0.2, 0.25) is 0 Å². The average molecular weight is 776 g/mol. The number of rotatable bonds is 8. The third kappa shape index (κ3) is 6.66. The fraction of sp³-hybridized carbons (Fsp3) is 0.325. The summed E-state index contributed by atoms with van der Waals surface area (Å²) in [6, 6.07) is 27.0. The van der Waals surface area contributed by atoms with Crippen LogP contribution in [0.3, 0.4) is 0 Å². The number of pyridine rings is 2. The van der Waals surface area contributed by atoms with Gasteiger partial charge >= 0.3 is 0 Å². The first kappa shape index (κ1) is 34.2. The Morgan fingerprint density at radius 2 is 1.53 bits per heavy atom. The molecule has 0 atom stereocenters. The van der Waals surface area contributed by atoms with Gasteiger partial charge in [-0.05, 0) is 81.9 Å². The Balaban J connectivity index is 0.000000249. The van der Waals surface area contributed by atoms with Crippen LogP contribution in [0.1, 0.15) is 78.4 Å². The molecule has 2 heterocycles. The topological polar surface area (TPSA) is 63.1 Å². The van der Waals surface area contributed by atoms with Crippen LogP contribution in [-0.2, 0) is 30.3 Å². The fourth-order valence-electron chi connectivity index (χ4n) is 6.59. The molecule has 0 bridgehead atoms. The Hall–Kier alpha value is -3.66. The number of benzene rings is 3. The van der Waals surface area contributed by atoms with E-state index in [1.54, 1.807) is 0 Å². The molecule has 1 aliphatic carbocycles. The van der Waals surface area contributed by atoms with Gasteiger partial charge in [0.2, 0.25) is 0 Å². The standard InChI is InChI=1S/C27H19N2.C13H24O2.Ir/c1-27(2)22-16-20(17-7-4-3-5-8-17)15-19-12-14-29-26(23(19)22)21-11-10-18-9-6-13-28-25(18)24(21)27;1-5-10(6-2)12(14)9-13(15)11(7-3)8-4;/h3-10,12-16H,1-2H3;9-11,14H,5-8H2,1-4H3;/q-1;;/b;12-9-;. The van der Waals surface area contributed by atoms with Crippen molar-refractivity contribution in [2.75, 3.05) is 0 Å². The normalized spacial score (nSPS) is 13.3. The fourth-order valence-corrected chi connectivity index (χ4v) is 6.59. The number of aliphatic hydroxyl groups excluding tert-OH is 1. The zero-order valence-electron chi connectivity index (χ0n) is 27.1. The Labute approximate surface area is 281 Å². The van der Waals surface area contributed by atoms with Crippen molar-refractivity contribution in [3.63, 3.8) is 0 Å². The molecule has 1 aliphatic rings. The number of carbonyl (C=O) groups is 1. The maximum atomic E-state index is 11.7. The molecule has 0 aliphatic heterocycles. The molecule has 1 radical (unpaired) electrons. The number of carbonyl (C=O) groups excluding carboxylic acids is 1. The summed E-state index contributed by atoms with van der Waals surface area (Å²) in [6.45, 7) is 12.7. The molecular weight excluding hydrogens is 733 g/mol. The predicted octanol–water partition coefficient (Wildman–Crippen LogP) is 10.4. The van der Waals surface area contributed by atoms with E-state index in [2.05, 4.69) is 74.5 Å². The molecule has 5 heteroatoms. The number of allylic oxidation sites excluding steroid dienone is 2. The molecule has 45 heavy (non-hydrogen) atoms. The number of aliphatic hydroxyl groups is 1. The van der Waals surface area contributed by atoms with Gasteiger partial charge in [0.15, 0.2) is 5.78 Å². The quantitative estimate of drug-likeness (QED) is 0.0969. The van der Waals surface area contributed by atoms with E-state index in [1.807, 2.05) is 52.2 Å². The van der Waals surface area contributed by atoms with Crippen molar-refractivity contribution in [1.29, 1.82) is 0 Å². The molecule has 0 spiro atoms. The molecule has 0 unspecified atom stereocenters. The van der Waals surface area contributed by atoms with Crippen molar-refractivity contribution in [2.24, 2.45) is 11.8 Å². The summed E-state index contributed by atoms with van der Waals surface area (Å²) in [5, 5.41) is 13.3. The van der Waals surface area contributed by atoms with E-state index in [-0.39, 0.29) is 48.9 Å². The van der Waals surface area contributed by atoms with Crippen molar-refractivity contribution in [2.45, 2.75) is 72.6 Å². The van der Waals surface area contributed by atoms with E-state index in [1.165, 1.54) is 39.1 Å². The molecule has 0 saturated carbocycles. The van der Waals surface area contributed by atoms with Gasteiger partial charge in [-0.2, -0.15) is 0 Å². The van der Waals surface area contributed by atoms with E-state index in [0.717, 1.165) is 47.8 Å². The van der Waals surface area contributed by atoms with E-state index >= 15 is 0 Å². The Morgan fingerprint density at radius 3 is 2.20 bits per heavy atom. The summed E-state index contributed by atoms with van der Waals surface area (Å²) in [6.07, 6.45) is 8.70. The van der Waals surface area contributed by atoms with Crippen molar-refractivity contribution < 1.29 is 30.0 Å². The Kier molecular flexibility index (Phi) is 11.1. The van der Waals surface area contributed by atoms with Crippen LogP contribution in [0.15, 0.2) is 91.0 Å². The third-order valence-corrected chi connectivity index (χ3v) is 9.29. The molecule has 0 amide bonds. The Bertz CT molecular complexity index is 1820. The van der Waals surface area contributed by atoms with Gasteiger partial charge in [0.05, 0.1) is 5.76 Å². The zero-order chi connectivity index (χ0) is 31.4. The molecular formula is C40H43IrN2O2-. The minimum absolute atomic E-state index is 0. The number of hydrogen-bond donors (Lipinski definition) is 1. The molecule has 0 fully saturated rings. The van der Waals surface area contributed by atoms with Crippen molar-refractivity contribution >= 4 is 27.5 Å². The molecule has 5 aromatic rings. The molecule has 235 valence electrons. The Morgan fingerprint density at radius 1 is 0.844 bits per heavy atom. The monoisotopic (exact) mass is 776 g/mol. The van der Waals surface area contributed by atoms with Gasteiger partial charge in [-0.15, -0.1) is 17.7 Å². The van der Waals surface area contributed by atoms with E-state index in [4.69, 9.17) is 9.97 Å². The summed E-state index contributed by atoms with van der Waals surface area (Å²) >= 11 is 0. The number of ketones is 1. The van der Waals surface area contributed by atoms with Gasteiger partial charge in [-0.25, -0.2) is 0 Å². The minimum Gasteiger partial charge on any atom is -0.512 e. The van der Waals surface area contributed by atoms with E-state index in [0.29, 0.717) is 0 Å². The molecule has 4 nitrogen and oxygen atoms in total.